The zero-order chi connectivity index (χ0) is 30.2. The SMILES string of the molecule is COc1cc(N2CCc3nc(C)n(CCOc4ccc(Cl)cc4-c4cc(C)nc5c(C(=O)O)csc45)c(=O)c3C2)ccn1. The summed E-state index contributed by atoms with van der Waals surface area (Å²) < 4.78 is 13.9. The third kappa shape index (κ3) is 5.53. The van der Waals surface area contributed by atoms with E-state index < -0.39 is 5.97 Å². The molecule has 10 nitrogen and oxygen atoms in total. The largest absolute Gasteiger partial charge is 0.491 e. The van der Waals surface area contributed by atoms with Crippen LogP contribution in [0.25, 0.3) is 21.3 Å². The molecular weight excluding hydrogens is 590 g/mol. The van der Waals surface area contributed by atoms with Crippen LogP contribution >= 0.6 is 22.9 Å². The van der Waals surface area contributed by atoms with Crippen LogP contribution < -0.4 is 19.9 Å². The number of halogens is 1. The molecular formula is C31H28ClN5O5S. The molecule has 0 aliphatic carbocycles. The smallest absolute Gasteiger partial charge is 0.338 e. The van der Waals surface area contributed by atoms with Gasteiger partial charge in [-0.1, -0.05) is 11.6 Å². The summed E-state index contributed by atoms with van der Waals surface area (Å²) in [6.45, 7) is 5.33. The van der Waals surface area contributed by atoms with E-state index >= 15 is 0 Å². The van der Waals surface area contributed by atoms with Crippen molar-refractivity contribution < 1.29 is 19.4 Å². The first-order valence-corrected chi connectivity index (χ1v) is 14.9. The van der Waals surface area contributed by atoms with Crippen molar-refractivity contribution in [3.8, 4) is 22.8 Å². The molecule has 6 rings (SSSR count). The molecule has 220 valence electrons. The zero-order valence-electron chi connectivity index (χ0n) is 23.8. The lowest BCUT2D eigenvalue weighted by Crippen LogP contribution is -2.39. The van der Waals surface area contributed by atoms with E-state index in [-0.39, 0.29) is 17.7 Å². The molecule has 5 aromatic rings. The second-order valence-electron chi connectivity index (χ2n) is 10.2. The van der Waals surface area contributed by atoms with Crippen LogP contribution in [0.3, 0.4) is 0 Å². The number of methoxy groups -OCH3 is 1. The number of carbonyl (C=O) groups is 1. The number of aromatic nitrogens is 4. The van der Waals surface area contributed by atoms with Gasteiger partial charge in [-0.15, -0.1) is 11.3 Å². The van der Waals surface area contributed by atoms with Crippen molar-refractivity contribution in [2.45, 2.75) is 33.4 Å². The second kappa shape index (κ2) is 11.7. The fraction of sp³-hybridized carbons (Fsp3) is 0.258. The van der Waals surface area contributed by atoms with Crippen molar-refractivity contribution in [1.82, 2.24) is 19.5 Å². The summed E-state index contributed by atoms with van der Waals surface area (Å²) in [6.07, 6.45) is 2.35. The van der Waals surface area contributed by atoms with E-state index in [2.05, 4.69) is 14.9 Å². The van der Waals surface area contributed by atoms with Crippen LogP contribution in [0.5, 0.6) is 11.6 Å². The number of carboxylic acids is 1. The molecule has 0 fully saturated rings. The Kier molecular flexibility index (Phi) is 7.76. The van der Waals surface area contributed by atoms with Gasteiger partial charge in [0.05, 0.1) is 47.2 Å². The second-order valence-corrected chi connectivity index (χ2v) is 11.5. The molecule has 0 spiro atoms. The van der Waals surface area contributed by atoms with Gasteiger partial charge in [-0.05, 0) is 44.2 Å². The Morgan fingerprint density at radius 2 is 1.98 bits per heavy atom. The molecule has 12 heteroatoms. The number of carboxylic acid groups (broad SMARTS) is 1. The molecule has 0 amide bonds. The highest BCUT2D eigenvalue weighted by Crippen LogP contribution is 2.40. The molecule has 4 aromatic heterocycles. The van der Waals surface area contributed by atoms with Crippen LogP contribution in [0.4, 0.5) is 5.69 Å². The van der Waals surface area contributed by atoms with E-state index in [9.17, 15) is 14.7 Å². The van der Waals surface area contributed by atoms with Crippen LogP contribution in [-0.2, 0) is 19.5 Å². The number of aryl methyl sites for hydroxylation is 2. The number of ether oxygens (including phenoxy) is 2. The van der Waals surface area contributed by atoms with E-state index in [0.717, 1.165) is 33.8 Å². The highest BCUT2D eigenvalue weighted by atomic mass is 35.5. The highest BCUT2D eigenvalue weighted by molar-refractivity contribution is 7.18. The summed E-state index contributed by atoms with van der Waals surface area (Å²) in [6, 6.07) is 11.0. The van der Waals surface area contributed by atoms with E-state index in [4.69, 9.17) is 26.1 Å². The van der Waals surface area contributed by atoms with Crippen LogP contribution in [0.2, 0.25) is 5.02 Å². The van der Waals surface area contributed by atoms with Crippen LogP contribution in [-0.4, -0.2) is 50.9 Å². The van der Waals surface area contributed by atoms with E-state index in [0.29, 0.717) is 58.8 Å². The Balaban J connectivity index is 1.27. The normalized spacial score (nSPS) is 12.8. The molecule has 0 saturated carbocycles. The summed E-state index contributed by atoms with van der Waals surface area (Å²) >= 11 is 7.71. The molecule has 0 bridgehead atoms. The predicted molar refractivity (Wildman–Crippen MR) is 166 cm³/mol. The lowest BCUT2D eigenvalue weighted by Gasteiger charge is -2.30. The first-order valence-electron chi connectivity index (χ1n) is 13.6. The Labute approximate surface area is 256 Å². The van der Waals surface area contributed by atoms with Gasteiger partial charge in [0, 0.05) is 58.1 Å². The highest BCUT2D eigenvalue weighted by Gasteiger charge is 2.24. The summed E-state index contributed by atoms with van der Waals surface area (Å²) in [5.74, 6) is 0.691. The molecule has 0 atom stereocenters. The number of benzene rings is 1. The molecule has 1 N–H and O–H groups in total. The Morgan fingerprint density at radius 1 is 1.14 bits per heavy atom. The average molecular weight is 618 g/mol. The number of pyridine rings is 2. The van der Waals surface area contributed by atoms with Gasteiger partial charge in [-0.2, -0.15) is 0 Å². The van der Waals surface area contributed by atoms with Gasteiger partial charge in [-0.3, -0.25) is 14.3 Å². The van der Waals surface area contributed by atoms with Gasteiger partial charge in [0.25, 0.3) is 5.56 Å². The lowest BCUT2D eigenvalue weighted by molar-refractivity contribution is 0.0699. The van der Waals surface area contributed by atoms with Crippen molar-refractivity contribution in [3.63, 3.8) is 0 Å². The van der Waals surface area contributed by atoms with Crippen molar-refractivity contribution in [2.75, 3.05) is 25.2 Å². The number of fused-ring (bicyclic) bond motifs is 2. The third-order valence-electron chi connectivity index (χ3n) is 7.48. The van der Waals surface area contributed by atoms with Gasteiger partial charge < -0.3 is 19.5 Å². The predicted octanol–water partition coefficient (Wildman–Crippen LogP) is 5.53. The lowest BCUT2D eigenvalue weighted by atomic mass is 10.0. The van der Waals surface area contributed by atoms with Gasteiger partial charge in [-0.25, -0.2) is 14.8 Å². The molecule has 5 heterocycles. The maximum atomic E-state index is 13.7. The number of hydrogen-bond donors (Lipinski definition) is 1. The standard InChI is InChI=1S/C31H28ClN5O5S/c1-17-12-22(29-28(34-17)24(16-43-29)31(39)40)21-13-19(32)4-5-26(21)42-11-10-37-18(2)35-25-7-9-36(15-23(25)30(37)38)20-6-8-33-27(14-20)41-3/h4-6,8,12-14,16H,7,9-11,15H2,1-3H3,(H,39,40). The zero-order valence-corrected chi connectivity index (χ0v) is 25.3. The monoisotopic (exact) mass is 617 g/mol. The van der Waals surface area contributed by atoms with E-state index in [1.165, 1.54) is 11.3 Å². The van der Waals surface area contributed by atoms with Crippen LogP contribution in [0.15, 0.2) is 52.8 Å². The van der Waals surface area contributed by atoms with Gasteiger partial charge in [0.1, 0.15) is 18.2 Å². The maximum absolute atomic E-state index is 13.7. The van der Waals surface area contributed by atoms with Crippen molar-refractivity contribution in [2.24, 2.45) is 0 Å². The molecule has 1 aliphatic heterocycles. The number of rotatable bonds is 8. The number of anilines is 1. The number of aromatic carboxylic acids is 1. The molecule has 1 aliphatic rings. The quantitative estimate of drug-likeness (QED) is 0.239. The van der Waals surface area contributed by atoms with Gasteiger partial charge >= 0.3 is 5.97 Å². The minimum atomic E-state index is -1.03. The molecule has 0 saturated heterocycles. The van der Waals surface area contributed by atoms with Crippen molar-refractivity contribution >= 4 is 44.8 Å². The number of nitrogens with zero attached hydrogens (tertiary/aromatic N) is 5. The van der Waals surface area contributed by atoms with Crippen LogP contribution in [0, 0.1) is 13.8 Å². The van der Waals surface area contributed by atoms with Crippen molar-refractivity contribution in [3.05, 3.63) is 91.7 Å². The Morgan fingerprint density at radius 3 is 2.77 bits per heavy atom. The fourth-order valence-electron chi connectivity index (χ4n) is 5.40. The van der Waals surface area contributed by atoms with Crippen LogP contribution in [0.1, 0.15) is 33.1 Å². The Hall–Kier alpha value is -4.48. The fourth-order valence-corrected chi connectivity index (χ4v) is 6.58. The van der Waals surface area contributed by atoms with E-state index in [1.54, 1.807) is 41.5 Å². The average Bonchev–Trinajstić information content (AvgIpc) is 3.43. The van der Waals surface area contributed by atoms with Gasteiger partial charge in [0.15, 0.2) is 0 Å². The maximum Gasteiger partial charge on any atom is 0.338 e. The first-order chi connectivity index (χ1) is 20.7. The van der Waals surface area contributed by atoms with Crippen molar-refractivity contribution in [1.29, 1.82) is 0 Å². The molecule has 1 aromatic carbocycles. The molecule has 0 unspecified atom stereocenters. The third-order valence-corrected chi connectivity index (χ3v) is 8.72. The summed E-state index contributed by atoms with van der Waals surface area (Å²) in [4.78, 5) is 41.0. The van der Waals surface area contributed by atoms with E-state index in [1.807, 2.05) is 32.0 Å². The Bertz CT molecular complexity index is 1940. The summed E-state index contributed by atoms with van der Waals surface area (Å²) in [5.41, 5.74) is 5.12. The number of hydrogen-bond acceptors (Lipinski definition) is 9. The summed E-state index contributed by atoms with van der Waals surface area (Å²) in [7, 11) is 1.58. The topological polar surface area (TPSA) is 120 Å². The first kappa shape index (κ1) is 28.6. The summed E-state index contributed by atoms with van der Waals surface area (Å²) in [5, 5.41) is 11.7. The minimum Gasteiger partial charge on any atom is -0.491 e. The molecule has 43 heavy (non-hydrogen) atoms. The molecule has 0 radical (unpaired) electrons. The van der Waals surface area contributed by atoms with Gasteiger partial charge in [0.2, 0.25) is 5.88 Å². The number of thiophene rings is 1. The minimum absolute atomic E-state index is 0.0839.